The predicted molar refractivity (Wildman–Crippen MR) is 178 cm³/mol. The molecular formula is C37H59NO6. The molecule has 248 valence electrons. The molecule has 7 nitrogen and oxygen atoms in total. The van der Waals surface area contributed by atoms with Crippen molar-refractivity contribution in [2.24, 2.45) is 0 Å². The van der Waals surface area contributed by atoms with Gasteiger partial charge in [-0.3, -0.25) is 4.79 Å². The van der Waals surface area contributed by atoms with Crippen molar-refractivity contribution in [1.82, 2.24) is 5.32 Å². The predicted octanol–water partition coefficient (Wildman–Crippen LogP) is 8.43. The molecule has 44 heavy (non-hydrogen) atoms. The Kier molecular flexibility index (Phi) is 21.7. The maximum Gasteiger partial charge on any atom is 0.336 e. The fourth-order valence-electron chi connectivity index (χ4n) is 6.18. The molecular weight excluding hydrogens is 554 g/mol. The lowest BCUT2D eigenvalue weighted by molar-refractivity contribution is -0.140. The smallest absolute Gasteiger partial charge is 0.336 e. The van der Waals surface area contributed by atoms with E-state index in [1.807, 2.05) is 20.6 Å². The highest BCUT2D eigenvalue weighted by Gasteiger charge is 2.35. The number of aryl methyl sites for hydroxylation is 2. The Morgan fingerprint density at radius 1 is 0.818 bits per heavy atom. The van der Waals surface area contributed by atoms with Crippen LogP contribution in [0.4, 0.5) is 0 Å². The third-order valence-electron chi connectivity index (χ3n) is 8.45. The molecule has 0 saturated heterocycles. The quantitative estimate of drug-likeness (QED) is 0.0752. The van der Waals surface area contributed by atoms with Crippen molar-refractivity contribution in [2.75, 3.05) is 26.9 Å². The summed E-state index contributed by atoms with van der Waals surface area (Å²) in [5.74, 6) is -0.590. The van der Waals surface area contributed by atoms with Gasteiger partial charge in [-0.05, 0) is 55.9 Å². The lowest BCUT2D eigenvalue weighted by Gasteiger charge is -2.34. The number of esters is 1. The topological polar surface area (TPSA) is 90.9 Å². The molecule has 0 amide bonds. The van der Waals surface area contributed by atoms with E-state index in [-0.39, 0.29) is 25.1 Å². The Morgan fingerprint density at radius 3 is 1.98 bits per heavy atom. The van der Waals surface area contributed by atoms with E-state index in [9.17, 15) is 9.59 Å². The van der Waals surface area contributed by atoms with Gasteiger partial charge in [0.1, 0.15) is 13.4 Å². The van der Waals surface area contributed by atoms with E-state index >= 15 is 0 Å². The van der Waals surface area contributed by atoms with Gasteiger partial charge in [0.15, 0.2) is 0 Å². The molecule has 1 heterocycles. The van der Waals surface area contributed by atoms with Gasteiger partial charge < -0.3 is 24.3 Å². The summed E-state index contributed by atoms with van der Waals surface area (Å²) in [6.45, 7) is 11.7. The average Bonchev–Trinajstić information content (AvgIpc) is 3.01. The van der Waals surface area contributed by atoms with Crippen LogP contribution in [0.15, 0.2) is 40.7 Å². The average molecular weight is 614 g/mol. The highest BCUT2D eigenvalue weighted by atomic mass is 16.6. The maximum absolute atomic E-state index is 13.5. The van der Waals surface area contributed by atoms with Crippen LogP contribution in [0.25, 0.3) is 0 Å². The minimum atomic E-state index is -0.335. The number of carbonyl (C=O) groups is 3. The van der Waals surface area contributed by atoms with E-state index in [1.165, 1.54) is 88.2 Å². The zero-order valence-corrected chi connectivity index (χ0v) is 28.3. The third-order valence-corrected chi connectivity index (χ3v) is 8.45. The van der Waals surface area contributed by atoms with E-state index in [0.717, 1.165) is 35.4 Å². The van der Waals surface area contributed by atoms with E-state index in [0.29, 0.717) is 25.1 Å². The zero-order valence-electron chi connectivity index (χ0n) is 28.3. The van der Waals surface area contributed by atoms with Crippen LogP contribution in [-0.4, -0.2) is 46.2 Å². The Labute approximate surface area is 267 Å². The molecule has 1 atom stereocenters. The molecule has 0 bridgehead atoms. The molecule has 1 N–H and O–H groups in total. The normalized spacial score (nSPS) is 14.5. The largest absolute Gasteiger partial charge is 0.468 e. The Hall–Kier alpha value is -2.93. The molecule has 1 aliphatic heterocycles. The Balaban J connectivity index is 0.00000474. The number of ether oxygens (including phenoxy) is 3. The van der Waals surface area contributed by atoms with Crippen LogP contribution in [0, 0.1) is 6.92 Å². The highest BCUT2D eigenvalue weighted by molar-refractivity contribution is 5.93. The second-order valence-electron chi connectivity index (χ2n) is 11.7. The Bertz CT molecular complexity index is 1030. The third kappa shape index (κ3) is 13.8. The first-order valence-electron chi connectivity index (χ1n) is 16.7. The molecule has 1 aromatic rings. The minimum Gasteiger partial charge on any atom is -0.468 e. The molecule has 1 aliphatic rings. The van der Waals surface area contributed by atoms with Crippen molar-refractivity contribution in [1.29, 1.82) is 0 Å². The summed E-state index contributed by atoms with van der Waals surface area (Å²) in [5.41, 5.74) is 7.09. The summed E-state index contributed by atoms with van der Waals surface area (Å²) in [6.07, 6.45) is 18.8. The van der Waals surface area contributed by atoms with E-state index < -0.39 is 0 Å². The summed E-state index contributed by atoms with van der Waals surface area (Å²) in [5, 5.41) is 3.40. The van der Waals surface area contributed by atoms with Crippen molar-refractivity contribution in [3.63, 3.8) is 0 Å². The number of allylic oxidation sites excluding steroid dienone is 2. The van der Waals surface area contributed by atoms with Crippen LogP contribution in [0.3, 0.4) is 0 Å². The van der Waals surface area contributed by atoms with E-state index in [4.69, 9.17) is 19.0 Å². The first-order valence-corrected chi connectivity index (χ1v) is 16.7. The molecule has 0 aliphatic carbocycles. The number of unbranched alkanes of at least 4 members (excludes halogenated alkanes) is 12. The molecule has 7 heteroatoms. The second-order valence-corrected chi connectivity index (χ2v) is 11.7. The van der Waals surface area contributed by atoms with Gasteiger partial charge in [-0.25, -0.2) is 4.79 Å². The van der Waals surface area contributed by atoms with Gasteiger partial charge in [0.05, 0.1) is 18.8 Å². The number of hydrogen-bond donors (Lipinski definition) is 1. The monoisotopic (exact) mass is 613 g/mol. The van der Waals surface area contributed by atoms with Gasteiger partial charge in [0.25, 0.3) is 6.47 Å². The van der Waals surface area contributed by atoms with Crippen molar-refractivity contribution >= 4 is 19.2 Å². The van der Waals surface area contributed by atoms with Crippen LogP contribution in [0.5, 0.6) is 0 Å². The van der Waals surface area contributed by atoms with E-state index in [1.54, 1.807) is 7.11 Å². The highest BCUT2D eigenvalue weighted by Crippen LogP contribution is 2.43. The van der Waals surface area contributed by atoms with Crippen LogP contribution in [0.2, 0.25) is 0 Å². The maximum atomic E-state index is 13.5. The minimum absolute atomic E-state index is 0.199. The van der Waals surface area contributed by atoms with Gasteiger partial charge in [-0.15, -0.1) is 0 Å². The van der Waals surface area contributed by atoms with Crippen molar-refractivity contribution in [3.8, 4) is 0 Å². The summed E-state index contributed by atoms with van der Waals surface area (Å²) < 4.78 is 15.8. The molecule has 0 fully saturated rings. The van der Waals surface area contributed by atoms with Gasteiger partial charge in [0, 0.05) is 30.8 Å². The molecule has 1 unspecified atom stereocenters. The number of benzene rings is 1. The molecule has 0 spiro atoms. The van der Waals surface area contributed by atoms with Gasteiger partial charge in [0.2, 0.25) is 0 Å². The van der Waals surface area contributed by atoms with Crippen LogP contribution in [-0.2, 0) is 35.0 Å². The summed E-state index contributed by atoms with van der Waals surface area (Å²) in [6, 6.07) is 6.46. The van der Waals surface area contributed by atoms with Gasteiger partial charge in [-0.1, -0.05) is 102 Å². The number of nitrogens with one attached hydrogen (secondary N) is 1. The summed E-state index contributed by atoms with van der Waals surface area (Å²) in [4.78, 5) is 32.4. The summed E-state index contributed by atoms with van der Waals surface area (Å²) >= 11 is 0. The SMILES string of the molecule is C=O.CCCCCCCCCCCCCCCc1cccc(C)c1C1C(CCOC=O)=C(C)NC(C)=C1C(=O)OCCOC. The van der Waals surface area contributed by atoms with Gasteiger partial charge in [-0.2, -0.15) is 0 Å². The number of hydrogen-bond acceptors (Lipinski definition) is 7. The lowest BCUT2D eigenvalue weighted by atomic mass is 9.75. The first-order chi connectivity index (χ1) is 21.5. The van der Waals surface area contributed by atoms with E-state index in [2.05, 4.69) is 37.4 Å². The molecule has 0 aromatic heterocycles. The van der Waals surface area contributed by atoms with Crippen molar-refractivity contribution < 1.29 is 28.6 Å². The van der Waals surface area contributed by atoms with Crippen molar-refractivity contribution in [2.45, 2.75) is 130 Å². The summed E-state index contributed by atoms with van der Waals surface area (Å²) in [7, 11) is 1.59. The van der Waals surface area contributed by atoms with Crippen molar-refractivity contribution in [3.05, 3.63) is 57.4 Å². The Morgan fingerprint density at radius 2 is 1.41 bits per heavy atom. The van der Waals surface area contributed by atoms with Gasteiger partial charge >= 0.3 is 5.97 Å². The fraction of sp³-hybridized carbons (Fsp3) is 0.649. The number of methoxy groups -OCH3 is 1. The number of carbonyl (C=O) groups excluding carboxylic acids is 3. The standard InChI is InChI=1S/C36H57NO5.CH2O/c1-6-7-8-9-10-11-12-13-14-15-16-17-18-21-31-22-19-20-28(2)33(31)35-32(23-24-41-27-38)29(3)37-30(4)34(35)36(39)42-26-25-40-5;1-2/h19-20,22,27,35,37H,6-18,21,23-26H2,1-5H3;1H2. The van der Waals surface area contributed by atoms with Crippen LogP contribution < -0.4 is 5.32 Å². The fourth-order valence-corrected chi connectivity index (χ4v) is 6.18. The molecule has 2 rings (SSSR count). The molecule has 1 aromatic carbocycles. The van der Waals surface area contributed by atoms with Crippen LogP contribution in [0.1, 0.15) is 133 Å². The lowest BCUT2D eigenvalue weighted by Crippen LogP contribution is -2.31. The molecule has 0 radical (unpaired) electrons. The zero-order chi connectivity index (χ0) is 32.6. The first kappa shape index (κ1) is 39.1. The second kappa shape index (κ2) is 24.4. The molecule has 0 saturated carbocycles. The van der Waals surface area contributed by atoms with Crippen LogP contribution >= 0.6 is 0 Å². The number of rotatable bonds is 23. The number of dihydropyridines is 1.